The van der Waals surface area contributed by atoms with Gasteiger partial charge in [-0.15, -0.1) is 0 Å². The molecule has 3 amide bonds. The van der Waals surface area contributed by atoms with Crippen molar-refractivity contribution in [2.75, 3.05) is 5.32 Å². The Labute approximate surface area is 186 Å². The fourth-order valence-electron chi connectivity index (χ4n) is 3.83. The van der Waals surface area contributed by atoms with Crippen molar-refractivity contribution in [3.05, 3.63) is 63.6 Å². The highest BCUT2D eigenvalue weighted by molar-refractivity contribution is 7.80. The first-order valence-corrected chi connectivity index (χ1v) is 10.2. The van der Waals surface area contributed by atoms with Gasteiger partial charge in [-0.05, 0) is 36.0 Å². The molecule has 0 aliphatic carbocycles. The molecule has 4 N–H and O–H groups in total. The number of carbonyl (C=O) groups is 2. The Hall–Kier alpha value is -2.88. The highest BCUT2D eigenvalue weighted by atomic mass is 35.5. The summed E-state index contributed by atoms with van der Waals surface area (Å²) < 4.78 is 0. The van der Waals surface area contributed by atoms with Gasteiger partial charge >= 0.3 is 6.03 Å². The van der Waals surface area contributed by atoms with Gasteiger partial charge in [0, 0.05) is 15.6 Å². The van der Waals surface area contributed by atoms with Gasteiger partial charge in [-0.2, -0.15) is 10.1 Å². The highest BCUT2D eigenvalue weighted by Crippen LogP contribution is 2.34. The quantitative estimate of drug-likeness (QED) is 0.516. The first-order valence-electron chi connectivity index (χ1n) is 9.03. The number of anilines is 1. The summed E-state index contributed by atoms with van der Waals surface area (Å²) >= 11 is 17.8. The van der Waals surface area contributed by atoms with E-state index >= 15 is 0 Å². The zero-order valence-electron chi connectivity index (χ0n) is 15.1. The monoisotopic (exact) mass is 460 g/mol. The van der Waals surface area contributed by atoms with Crippen LogP contribution in [0.2, 0.25) is 10.0 Å². The molecule has 0 bridgehead atoms. The second-order valence-corrected chi connectivity index (χ2v) is 8.23. The minimum Gasteiger partial charge on any atom is -0.354 e. The number of fused-ring (bicyclic) bond motifs is 2. The zero-order valence-corrected chi connectivity index (χ0v) is 17.5. The molecule has 152 valence electrons. The van der Waals surface area contributed by atoms with Crippen LogP contribution in [0.1, 0.15) is 17.2 Å². The number of amides is 3. The molecule has 0 aromatic heterocycles. The van der Waals surface area contributed by atoms with E-state index in [0.29, 0.717) is 26.4 Å². The smallest absolute Gasteiger partial charge is 0.340 e. The van der Waals surface area contributed by atoms with Crippen LogP contribution < -0.4 is 21.3 Å². The number of benzene rings is 2. The number of hydrogen-bond donors (Lipinski definition) is 4. The fourth-order valence-corrected chi connectivity index (χ4v) is 4.61. The SMILES string of the molecule is O=C1Nc2ccccc2C1=NN1C(=O)NC2C(c3ccc(Cl)cc3Cl)NC(=S)NC21. The van der Waals surface area contributed by atoms with Crippen molar-refractivity contribution in [3.8, 4) is 0 Å². The van der Waals surface area contributed by atoms with Gasteiger partial charge in [0.15, 0.2) is 17.0 Å². The number of nitrogens with zero attached hydrogens (tertiary/aromatic N) is 2. The molecule has 2 saturated heterocycles. The van der Waals surface area contributed by atoms with Gasteiger partial charge in [0.25, 0.3) is 5.91 Å². The van der Waals surface area contributed by atoms with Gasteiger partial charge in [-0.1, -0.05) is 47.5 Å². The van der Waals surface area contributed by atoms with E-state index < -0.39 is 24.3 Å². The van der Waals surface area contributed by atoms with Gasteiger partial charge in [0.2, 0.25) is 0 Å². The van der Waals surface area contributed by atoms with Gasteiger partial charge in [-0.3, -0.25) is 4.79 Å². The van der Waals surface area contributed by atoms with Crippen molar-refractivity contribution in [2.24, 2.45) is 5.10 Å². The van der Waals surface area contributed by atoms with E-state index in [0.717, 1.165) is 5.56 Å². The molecule has 3 aliphatic heterocycles. The Balaban J connectivity index is 1.52. The van der Waals surface area contributed by atoms with E-state index in [9.17, 15) is 9.59 Å². The number of rotatable bonds is 2. The summed E-state index contributed by atoms with van der Waals surface area (Å²) in [5.41, 5.74) is 2.18. The van der Waals surface area contributed by atoms with Crippen molar-refractivity contribution >= 4 is 63.9 Å². The molecule has 3 heterocycles. The van der Waals surface area contributed by atoms with Crippen LogP contribution in [0.5, 0.6) is 0 Å². The van der Waals surface area contributed by atoms with E-state index in [1.807, 2.05) is 6.07 Å². The van der Waals surface area contributed by atoms with Crippen LogP contribution in [0.25, 0.3) is 0 Å². The van der Waals surface area contributed by atoms with Crippen LogP contribution in [-0.2, 0) is 4.79 Å². The second-order valence-electron chi connectivity index (χ2n) is 6.97. The Kier molecular flexibility index (Phi) is 4.53. The molecule has 3 atom stereocenters. The van der Waals surface area contributed by atoms with Crippen molar-refractivity contribution in [3.63, 3.8) is 0 Å². The maximum Gasteiger partial charge on any atom is 0.340 e. The Bertz CT molecular complexity index is 1140. The first kappa shape index (κ1) is 19.1. The molecule has 8 nitrogen and oxygen atoms in total. The lowest BCUT2D eigenvalue weighted by Crippen LogP contribution is -2.62. The van der Waals surface area contributed by atoms with Gasteiger partial charge < -0.3 is 21.3 Å². The molecule has 3 unspecified atom stereocenters. The Morgan fingerprint density at radius 1 is 1.03 bits per heavy atom. The topological polar surface area (TPSA) is 97.9 Å². The summed E-state index contributed by atoms with van der Waals surface area (Å²) in [7, 11) is 0. The molecule has 3 aliphatic rings. The fraction of sp³-hybridized carbons (Fsp3) is 0.158. The van der Waals surface area contributed by atoms with E-state index in [-0.39, 0.29) is 11.6 Å². The van der Waals surface area contributed by atoms with Gasteiger partial charge in [0.1, 0.15) is 0 Å². The van der Waals surface area contributed by atoms with E-state index in [1.54, 1.807) is 36.4 Å². The lowest BCUT2D eigenvalue weighted by atomic mass is 9.96. The molecule has 0 spiro atoms. The number of hydrazone groups is 1. The van der Waals surface area contributed by atoms with Crippen molar-refractivity contribution in [2.45, 2.75) is 18.2 Å². The average molecular weight is 461 g/mol. The lowest BCUT2D eigenvalue weighted by molar-refractivity contribution is -0.110. The third kappa shape index (κ3) is 3.06. The first-order chi connectivity index (χ1) is 14.4. The third-order valence-electron chi connectivity index (χ3n) is 5.18. The normalized spacial score (nSPS) is 25.9. The minimum atomic E-state index is -0.615. The largest absolute Gasteiger partial charge is 0.354 e. The molecule has 2 fully saturated rings. The minimum absolute atomic E-state index is 0.161. The summed E-state index contributed by atoms with van der Waals surface area (Å²) in [5, 5.41) is 18.7. The number of para-hydroxylation sites is 1. The Morgan fingerprint density at radius 2 is 1.83 bits per heavy atom. The standard InChI is InChI=1S/C19H14Cl2N6O2S/c20-8-5-6-9(11(21)7-8)13-15-16(25-18(30)23-13)27(19(29)24-15)26-14-10-3-1-2-4-12(10)22-17(14)28/h1-7,13,15-16H,(H,24,29)(H,22,26,28)(H2,23,25,30). The summed E-state index contributed by atoms with van der Waals surface area (Å²) in [6, 6.07) is 11.0. The van der Waals surface area contributed by atoms with Crippen LogP contribution in [0.4, 0.5) is 10.5 Å². The predicted octanol–water partition coefficient (Wildman–Crippen LogP) is 2.59. The van der Waals surface area contributed by atoms with E-state index in [2.05, 4.69) is 26.4 Å². The zero-order chi connectivity index (χ0) is 21.0. The highest BCUT2D eigenvalue weighted by Gasteiger charge is 2.49. The number of nitrogens with one attached hydrogen (secondary N) is 4. The van der Waals surface area contributed by atoms with Gasteiger partial charge in [-0.25, -0.2) is 4.79 Å². The van der Waals surface area contributed by atoms with Crippen molar-refractivity contribution in [1.29, 1.82) is 0 Å². The number of carbonyl (C=O) groups excluding carboxylic acids is 2. The molecule has 2 aromatic rings. The van der Waals surface area contributed by atoms with Crippen LogP contribution in [-0.4, -0.2) is 40.0 Å². The van der Waals surface area contributed by atoms with E-state index in [1.165, 1.54) is 5.01 Å². The van der Waals surface area contributed by atoms with Crippen LogP contribution in [0.3, 0.4) is 0 Å². The molecule has 11 heteroatoms. The molecule has 2 aromatic carbocycles. The molecule has 5 rings (SSSR count). The molecule has 0 radical (unpaired) electrons. The molecular formula is C19H14Cl2N6O2S. The summed E-state index contributed by atoms with van der Waals surface area (Å²) in [4.78, 5) is 25.2. The summed E-state index contributed by atoms with van der Waals surface area (Å²) in [6.45, 7) is 0. The lowest BCUT2D eigenvalue weighted by Gasteiger charge is -2.37. The van der Waals surface area contributed by atoms with Crippen molar-refractivity contribution < 1.29 is 9.59 Å². The van der Waals surface area contributed by atoms with Crippen molar-refractivity contribution in [1.82, 2.24) is 21.0 Å². The average Bonchev–Trinajstić information content (AvgIpc) is 3.18. The Morgan fingerprint density at radius 3 is 2.63 bits per heavy atom. The maximum absolute atomic E-state index is 12.8. The maximum atomic E-state index is 12.8. The molecule has 30 heavy (non-hydrogen) atoms. The number of hydrogen-bond acceptors (Lipinski definition) is 4. The third-order valence-corrected chi connectivity index (χ3v) is 5.98. The number of halogens is 2. The van der Waals surface area contributed by atoms with Crippen LogP contribution >= 0.6 is 35.4 Å². The number of thiocarbonyl (C=S) groups is 1. The predicted molar refractivity (Wildman–Crippen MR) is 118 cm³/mol. The second kappa shape index (κ2) is 7.12. The van der Waals surface area contributed by atoms with Crippen LogP contribution in [0.15, 0.2) is 47.6 Å². The summed E-state index contributed by atoms with van der Waals surface area (Å²) in [5.74, 6) is -0.374. The molecular weight excluding hydrogens is 447 g/mol. The summed E-state index contributed by atoms with van der Waals surface area (Å²) in [6.07, 6.45) is -0.615. The molecule has 0 saturated carbocycles. The van der Waals surface area contributed by atoms with Gasteiger partial charge in [0.05, 0.1) is 17.8 Å². The number of urea groups is 1. The van der Waals surface area contributed by atoms with E-state index in [4.69, 9.17) is 35.4 Å². The van der Waals surface area contributed by atoms with Crippen LogP contribution in [0, 0.1) is 0 Å².